The quantitative estimate of drug-likeness (QED) is 0.201. The van der Waals surface area contributed by atoms with E-state index in [0.29, 0.717) is 0 Å². The van der Waals surface area contributed by atoms with Crippen LogP contribution in [0.3, 0.4) is 0 Å². The molecule has 2 heteroatoms. The summed E-state index contributed by atoms with van der Waals surface area (Å²) in [6.07, 6.45) is 0. The maximum Gasteiger partial charge on any atom is 0.0540 e. The van der Waals surface area contributed by atoms with Crippen LogP contribution in [0.25, 0.3) is 63.6 Å². The molecule has 0 saturated carbocycles. The van der Waals surface area contributed by atoms with Crippen LogP contribution in [0.15, 0.2) is 164 Å². The fourth-order valence-electron chi connectivity index (χ4n) is 6.64. The largest absolute Gasteiger partial charge is 0.310 e. The number of fused-ring (bicyclic) bond motifs is 7. The van der Waals surface area contributed by atoms with Gasteiger partial charge in [-0.1, -0.05) is 121 Å². The number of nitrogens with zero attached hydrogens (tertiary/aromatic N) is 1. The van der Waals surface area contributed by atoms with Gasteiger partial charge < -0.3 is 4.90 Å². The first-order valence-electron chi connectivity index (χ1n) is 15.0. The first kappa shape index (κ1) is 25.1. The van der Waals surface area contributed by atoms with Gasteiger partial charge in [0, 0.05) is 36.9 Å². The Morgan fingerprint density at radius 3 is 1.91 bits per heavy atom. The fraction of sp³-hybridized carbons (Fsp3) is 0. The maximum atomic E-state index is 2.43. The van der Waals surface area contributed by atoms with Crippen LogP contribution < -0.4 is 4.90 Å². The first-order valence-corrected chi connectivity index (χ1v) is 15.8. The minimum absolute atomic E-state index is 1.14. The highest BCUT2D eigenvalue weighted by molar-refractivity contribution is 7.26. The summed E-state index contributed by atoms with van der Waals surface area (Å²) >= 11 is 1.89. The molecule has 0 N–H and O–H groups in total. The van der Waals surface area contributed by atoms with Crippen molar-refractivity contribution in [3.63, 3.8) is 0 Å². The average molecular weight is 578 g/mol. The predicted molar refractivity (Wildman–Crippen MR) is 192 cm³/mol. The van der Waals surface area contributed by atoms with E-state index in [4.69, 9.17) is 0 Å². The molecular formula is C42H27NS. The van der Waals surface area contributed by atoms with Crippen LogP contribution in [-0.2, 0) is 0 Å². The van der Waals surface area contributed by atoms with Gasteiger partial charge in [-0.2, -0.15) is 0 Å². The number of rotatable bonds is 4. The molecule has 0 aliphatic heterocycles. The molecule has 0 saturated heterocycles. The maximum absolute atomic E-state index is 2.43. The van der Waals surface area contributed by atoms with Crippen molar-refractivity contribution in [3.8, 4) is 11.1 Å². The van der Waals surface area contributed by atoms with Gasteiger partial charge in [-0.25, -0.2) is 0 Å². The van der Waals surface area contributed by atoms with Crippen molar-refractivity contribution < 1.29 is 0 Å². The van der Waals surface area contributed by atoms with Gasteiger partial charge in [0.05, 0.1) is 5.69 Å². The molecule has 9 rings (SSSR count). The van der Waals surface area contributed by atoms with Gasteiger partial charge >= 0.3 is 0 Å². The molecule has 0 bridgehead atoms. The van der Waals surface area contributed by atoms with Gasteiger partial charge in [-0.15, -0.1) is 11.3 Å². The molecule has 1 heterocycles. The lowest BCUT2D eigenvalue weighted by atomic mass is 10.00. The molecular weight excluding hydrogens is 551 g/mol. The SMILES string of the molecule is c1ccc(-c2ccc3cc(N(c4ccc5sc6c7ccccc7ccc6c5c4)c4cccc5ccccc45)ccc3c2)cc1. The fourth-order valence-corrected chi connectivity index (χ4v) is 7.86. The summed E-state index contributed by atoms with van der Waals surface area (Å²) in [5, 5.41) is 10.1. The summed E-state index contributed by atoms with van der Waals surface area (Å²) in [5.74, 6) is 0. The van der Waals surface area contributed by atoms with Crippen LogP contribution in [-0.4, -0.2) is 0 Å². The molecule has 0 radical (unpaired) electrons. The van der Waals surface area contributed by atoms with Crippen LogP contribution in [0.5, 0.6) is 0 Å². The molecule has 0 amide bonds. The zero-order valence-corrected chi connectivity index (χ0v) is 24.8. The monoisotopic (exact) mass is 577 g/mol. The van der Waals surface area contributed by atoms with Gasteiger partial charge in [0.25, 0.3) is 0 Å². The van der Waals surface area contributed by atoms with Crippen LogP contribution >= 0.6 is 11.3 Å². The number of benzene rings is 8. The van der Waals surface area contributed by atoms with Crippen LogP contribution in [0.2, 0.25) is 0 Å². The summed E-state index contributed by atoms with van der Waals surface area (Å²) in [5.41, 5.74) is 5.94. The molecule has 44 heavy (non-hydrogen) atoms. The minimum Gasteiger partial charge on any atom is -0.310 e. The van der Waals surface area contributed by atoms with Crippen molar-refractivity contribution in [1.29, 1.82) is 0 Å². The summed E-state index contributed by atoms with van der Waals surface area (Å²) in [4.78, 5) is 2.43. The average Bonchev–Trinajstić information content (AvgIpc) is 3.47. The van der Waals surface area contributed by atoms with Crippen molar-refractivity contribution in [1.82, 2.24) is 0 Å². The summed E-state index contributed by atoms with van der Waals surface area (Å²) in [6, 6.07) is 59.8. The van der Waals surface area contributed by atoms with E-state index in [1.54, 1.807) is 0 Å². The van der Waals surface area contributed by atoms with E-state index in [-0.39, 0.29) is 0 Å². The lowest BCUT2D eigenvalue weighted by Gasteiger charge is -2.27. The Balaban J connectivity index is 1.26. The smallest absolute Gasteiger partial charge is 0.0540 e. The molecule has 8 aromatic carbocycles. The molecule has 1 aromatic heterocycles. The highest BCUT2D eigenvalue weighted by atomic mass is 32.1. The van der Waals surface area contributed by atoms with Crippen molar-refractivity contribution in [2.45, 2.75) is 0 Å². The van der Waals surface area contributed by atoms with Crippen molar-refractivity contribution in [2.75, 3.05) is 4.90 Å². The second-order valence-electron chi connectivity index (χ2n) is 11.4. The van der Waals surface area contributed by atoms with Crippen LogP contribution in [0.1, 0.15) is 0 Å². The van der Waals surface area contributed by atoms with E-state index >= 15 is 0 Å². The zero-order valence-electron chi connectivity index (χ0n) is 23.9. The van der Waals surface area contributed by atoms with Crippen LogP contribution in [0, 0.1) is 0 Å². The minimum atomic E-state index is 1.14. The Hall–Kier alpha value is -5.44. The number of hydrogen-bond donors (Lipinski definition) is 0. The van der Waals surface area contributed by atoms with Gasteiger partial charge in [-0.05, 0) is 80.5 Å². The topological polar surface area (TPSA) is 3.24 Å². The van der Waals surface area contributed by atoms with Crippen molar-refractivity contribution in [2.24, 2.45) is 0 Å². The zero-order chi connectivity index (χ0) is 29.0. The number of thiophene rings is 1. The van der Waals surface area contributed by atoms with Gasteiger partial charge in [-0.3, -0.25) is 0 Å². The first-order chi connectivity index (χ1) is 21.8. The highest BCUT2D eigenvalue weighted by Crippen LogP contribution is 2.44. The number of anilines is 3. The summed E-state index contributed by atoms with van der Waals surface area (Å²) in [6.45, 7) is 0. The molecule has 0 spiro atoms. The third-order valence-corrected chi connectivity index (χ3v) is 10.0. The van der Waals surface area contributed by atoms with E-state index in [1.165, 1.54) is 69.3 Å². The molecule has 0 atom stereocenters. The second kappa shape index (κ2) is 10.1. The summed E-state index contributed by atoms with van der Waals surface area (Å²) < 4.78 is 2.66. The molecule has 1 nitrogen and oxygen atoms in total. The normalized spacial score (nSPS) is 11.6. The Morgan fingerprint density at radius 1 is 0.364 bits per heavy atom. The Labute approximate surface area is 259 Å². The molecule has 206 valence electrons. The third-order valence-electron chi connectivity index (χ3n) is 8.80. The lowest BCUT2D eigenvalue weighted by molar-refractivity contribution is 1.31. The predicted octanol–water partition coefficient (Wildman–Crippen LogP) is 12.7. The molecule has 0 aliphatic rings. The Kier molecular flexibility index (Phi) is 5.75. The van der Waals surface area contributed by atoms with E-state index in [9.17, 15) is 0 Å². The van der Waals surface area contributed by atoms with Crippen molar-refractivity contribution in [3.05, 3.63) is 164 Å². The van der Waals surface area contributed by atoms with E-state index < -0.39 is 0 Å². The third kappa shape index (κ3) is 4.07. The van der Waals surface area contributed by atoms with Crippen molar-refractivity contribution >= 4 is 80.9 Å². The molecule has 0 fully saturated rings. The second-order valence-corrected chi connectivity index (χ2v) is 12.4. The molecule has 9 aromatic rings. The highest BCUT2D eigenvalue weighted by Gasteiger charge is 2.18. The lowest BCUT2D eigenvalue weighted by Crippen LogP contribution is -2.10. The Bertz CT molecular complexity index is 2500. The van der Waals surface area contributed by atoms with E-state index in [2.05, 4.69) is 169 Å². The van der Waals surface area contributed by atoms with E-state index in [1.807, 2.05) is 11.3 Å². The molecule has 0 aliphatic carbocycles. The van der Waals surface area contributed by atoms with Gasteiger partial charge in [0.1, 0.15) is 0 Å². The van der Waals surface area contributed by atoms with E-state index in [0.717, 1.165) is 11.4 Å². The van der Waals surface area contributed by atoms with Gasteiger partial charge in [0.2, 0.25) is 0 Å². The van der Waals surface area contributed by atoms with Crippen LogP contribution in [0.4, 0.5) is 17.1 Å². The summed E-state index contributed by atoms with van der Waals surface area (Å²) in [7, 11) is 0. The standard InChI is InChI=1S/C42H27NS/c1-2-9-28(10-3-1)31-17-18-33-26-34(21-19-32(33)25-31)43(40-16-8-13-29-11-4-6-14-36(29)40)35-22-24-41-39(27-35)38-23-20-30-12-5-7-15-37(30)42(38)44-41/h1-27H. The molecule has 0 unspecified atom stereocenters. The van der Waals surface area contributed by atoms with Gasteiger partial charge in [0.15, 0.2) is 0 Å². The Morgan fingerprint density at radius 2 is 1.02 bits per heavy atom. The number of hydrogen-bond acceptors (Lipinski definition) is 2.